The van der Waals surface area contributed by atoms with Crippen LogP contribution in [0.2, 0.25) is 0 Å². The van der Waals surface area contributed by atoms with E-state index in [1.165, 1.54) is 0 Å². The summed E-state index contributed by atoms with van der Waals surface area (Å²) in [4.78, 5) is 34.3. The Bertz CT molecular complexity index is 27.2. The molecule has 0 saturated heterocycles. The van der Waals surface area contributed by atoms with Crippen LogP contribution < -0.4 is 19.2 Å². The van der Waals surface area contributed by atoms with Crippen molar-refractivity contribution in [3.8, 4) is 0 Å². The van der Waals surface area contributed by atoms with E-state index in [9.17, 15) is 0 Å². The molecule has 0 bridgehead atoms. The molecule has 0 rings (SSSR count). The number of hydrogen-bond acceptors (Lipinski definition) is 4. The van der Waals surface area contributed by atoms with Gasteiger partial charge in [-0.05, 0) is 0 Å². The second kappa shape index (κ2) is 5.87. The Morgan fingerprint density at radius 3 is 0.857 bits per heavy atom. The predicted octanol–water partition coefficient (Wildman–Crippen LogP) is -5.90. The molecule has 0 heterocycles. The topological polar surface area (TPSA) is 92.2 Å². The molecule has 0 saturated carbocycles. The van der Waals surface area contributed by atoms with Crippen LogP contribution in [0.25, 0.3) is 0 Å². The van der Waals surface area contributed by atoms with Crippen molar-refractivity contribution in [2.24, 2.45) is 0 Å². The normalized spacial score (nSPS) is 8.57. The van der Waals surface area contributed by atoms with Gasteiger partial charge in [-0.3, -0.25) is 0 Å². The molecule has 0 amide bonds. The van der Waals surface area contributed by atoms with Gasteiger partial charge in [0.15, 0.2) is 0 Å². The van der Waals surface area contributed by atoms with Crippen LogP contribution in [-0.2, 0) is 0 Å². The van der Waals surface area contributed by atoms with Crippen LogP contribution in [0.4, 0.5) is 0 Å². The van der Waals surface area contributed by atoms with E-state index >= 15 is 0 Å². The van der Waals surface area contributed by atoms with Crippen molar-refractivity contribution >= 4 is 59.4 Å². The summed E-state index contributed by atoms with van der Waals surface area (Å²) < 4.78 is 0. The monoisotopic (exact) mass is 324 g/mol. The average Bonchev–Trinajstić information content (AvgIpc) is 0.722. The van der Waals surface area contributed by atoms with Crippen molar-refractivity contribution < 1.29 is 19.2 Å². The van der Waals surface area contributed by atoms with Gasteiger partial charge in [-0.25, -0.2) is 0 Å². The summed E-state index contributed by atoms with van der Waals surface area (Å²) in [5.41, 5.74) is 0. The molecular formula is MgO4PbSi. The molecule has 0 fully saturated rings. The minimum absolute atomic E-state index is 0. The fourth-order valence-electron chi connectivity index (χ4n) is 0. The molecule has 0 atom stereocenters. The Balaban J connectivity index is -0.0000000800. The van der Waals surface area contributed by atoms with Crippen molar-refractivity contribution in [1.82, 2.24) is 0 Å². The largest absolute Gasteiger partial charge is 2.00 e. The quantitative estimate of drug-likeness (QED) is 0.415. The van der Waals surface area contributed by atoms with Gasteiger partial charge in [-0.2, -0.15) is 0 Å². The van der Waals surface area contributed by atoms with Crippen LogP contribution in [0, 0.1) is 0 Å². The first-order valence-electron chi connectivity index (χ1n) is 0.816. The molecule has 0 unspecified atom stereocenters. The Kier molecular flexibility index (Phi) is 13.3. The van der Waals surface area contributed by atoms with Crippen LogP contribution in [0.3, 0.4) is 0 Å². The third kappa shape index (κ3) is 83.9. The molecular weight excluding hydrogens is 324 g/mol. The first-order chi connectivity index (χ1) is 2.00. The van der Waals surface area contributed by atoms with Gasteiger partial charge in [-0.15, -0.1) is 0 Å². The summed E-state index contributed by atoms with van der Waals surface area (Å²) in [5, 5.41) is 0. The van der Waals surface area contributed by atoms with Crippen molar-refractivity contribution in [3.05, 3.63) is 0 Å². The predicted molar refractivity (Wildman–Crippen MR) is 17.3 cm³/mol. The van der Waals surface area contributed by atoms with Gasteiger partial charge in [0, 0.05) is 0 Å². The molecule has 0 aromatic heterocycles. The molecule has 2 radical (unpaired) electrons. The summed E-state index contributed by atoms with van der Waals surface area (Å²) in [7, 11) is -5.61. The molecule has 0 aliphatic carbocycles. The molecule has 4 nitrogen and oxygen atoms in total. The van der Waals surface area contributed by atoms with Gasteiger partial charge >= 0.3 is 50.4 Å². The number of hydrogen-bond donors (Lipinski definition) is 0. The van der Waals surface area contributed by atoms with Crippen molar-refractivity contribution in [2.75, 3.05) is 0 Å². The standard InChI is InChI=1S/Mg.O4Si.Pb/c;1-5(2,3)4;/q+2;-4;+2. The maximum atomic E-state index is 8.58. The zero-order valence-corrected chi connectivity index (χ0v) is 9.64. The minimum atomic E-state index is -5.61. The zero-order chi connectivity index (χ0) is 4.50. The molecule has 0 spiro atoms. The third-order valence-electron chi connectivity index (χ3n) is 0. The maximum Gasteiger partial charge on any atom is 2.00 e. The second-order valence-corrected chi connectivity index (χ2v) is 1.50. The van der Waals surface area contributed by atoms with E-state index < -0.39 is 9.05 Å². The van der Waals surface area contributed by atoms with E-state index in [2.05, 4.69) is 0 Å². The van der Waals surface area contributed by atoms with Gasteiger partial charge in [0.2, 0.25) is 0 Å². The minimum Gasteiger partial charge on any atom is -0.894 e. The fraction of sp³-hybridized carbons (Fsp3) is 0. The molecule has 0 aromatic rings. The van der Waals surface area contributed by atoms with E-state index in [0.717, 1.165) is 0 Å². The van der Waals surface area contributed by atoms with E-state index in [0.29, 0.717) is 0 Å². The smallest absolute Gasteiger partial charge is 0.894 e. The Labute approximate surface area is 78.0 Å². The number of rotatable bonds is 0. The van der Waals surface area contributed by atoms with Gasteiger partial charge < -0.3 is 28.2 Å². The first-order valence-corrected chi connectivity index (χ1v) is 2.45. The van der Waals surface area contributed by atoms with E-state index in [1.807, 2.05) is 0 Å². The summed E-state index contributed by atoms with van der Waals surface area (Å²) in [6, 6.07) is 0. The Hall–Kier alpha value is 1.75. The van der Waals surface area contributed by atoms with Gasteiger partial charge in [0.05, 0.1) is 0 Å². The van der Waals surface area contributed by atoms with Gasteiger partial charge in [-0.1, -0.05) is 0 Å². The van der Waals surface area contributed by atoms with Crippen molar-refractivity contribution in [1.29, 1.82) is 0 Å². The summed E-state index contributed by atoms with van der Waals surface area (Å²) in [5.74, 6) is 0. The Morgan fingerprint density at radius 1 is 0.857 bits per heavy atom. The first kappa shape index (κ1) is 15.9. The zero-order valence-electron chi connectivity index (χ0n) is 3.34. The van der Waals surface area contributed by atoms with Crippen LogP contribution in [0.1, 0.15) is 0 Å². The third-order valence-corrected chi connectivity index (χ3v) is 0. The van der Waals surface area contributed by atoms with Crippen LogP contribution >= 0.6 is 0 Å². The summed E-state index contributed by atoms with van der Waals surface area (Å²) in [6.45, 7) is 0. The molecule has 0 aromatic carbocycles. The van der Waals surface area contributed by atoms with Gasteiger partial charge in [0.1, 0.15) is 0 Å². The molecule has 34 valence electrons. The van der Waals surface area contributed by atoms with Crippen molar-refractivity contribution in [2.45, 2.75) is 0 Å². The van der Waals surface area contributed by atoms with Crippen LogP contribution in [0.15, 0.2) is 0 Å². The fourth-order valence-corrected chi connectivity index (χ4v) is 0. The van der Waals surface area contributed by atoms with Crippen molar-refractivity contribution in [3.63, 3.8) is 0 Å². The van der Waals surface area contributed by atoms with Crippen LogP contribution in [0.5, 0.6) is 0 Å². The van der Waals surface area contributed by atoms with Crippen LogP contribution in [-0.4, -0.2) is 59.4 Å². The second-order valence-electron chi connectivity index (χ2n) is 0.500. The Morgan fingerprint density at radius 2 is 0.857 bits per heavy atom. The summed E-state index contributed by atoms with van der Waals surface area (Å²) >= 11 is 0. The molecule has 0 N–H and O–H groups in total. The molecule has 7 heavy (non-hydrogen) atoms. The van der Waals surface area contributed by atoms with E-state index in [-0.39, 0.29) is 50.4 Å². The van der Waals surface area contributed by atoms with E-state index in [4.69, 9.17) is 19.2 Å². The average molecular weight is 324 g/mol. The summed E-state index contributed by atoms with van der Waals surface area (Å²) in [6.07, 6.45) is 0. The molecule has 0 aliphatic heterocycles. The van der Waals surface area contributed by atoms with Gasteiger partial charge in [0.25, 0.3) is 0 Å². The van der Waals surface area contributed by atoms with E-state index in [1.54, 1.807) is 0 Å². The maximum absolute atomic E-state index is 8.58. The SMILES string of the molecule is [Mg+2].[O-][Si]([O-])([O-])[O-].[Pb+2]. The molecule has 0 aliphatic rings. The molecule has 7 heteroatoms.